The van der Waals surface area contributed by atoms with E-state index in [2.05, 4.69) is 15.3 Å². The Morgan fingerprint density at radius 1 is 1.42 bits per heavy atom. The zero-order valence-corrected chi connectivity index (χ0v) is 12.0. The van der Waals surface area contributed by atoms with Gasteiger partial charge in [-0.15, -0.1) is 0 Å². The highest BCUT2D eigenvalue weighted by Crippen LogP contribution is 2.13. The fourth-order valence-corrected chi connectivity index (χ4v) is 1.68. The number of hydrogen-bond acceptors (Lipinski definition) is 3. The smallest absolute Gasteiger partial charge is 0.222 e. The van der Waals surface area contributed by atoms with Crippen molar-refractivity contribution in [3.05, 3.63) is 17.7 Å². The van der Waals surface area contributed by atoms with E-state index in [1.165, 1.54) is 4.90 Å². The van der Waals surface area contributed by atoms with Crippen LogP contribution in [0.5, 0.6) is 0 Å². The fraction of sp³-hybridized carbons (Fsp3) is 0.615. The molecule has 0 saturated carbocycles. The molecule has 0 saturated heterocycles. The summed E-state index contributed by atoms with van der Waals surface area (Å²) < 4.78 is 0. The first kappa shape index (κ1) is 15.2. The molecular weight excluding hydrogens is 244 g/mol. The highest BCUT2D eigenvalue weighted by atomic mass is 16.2. The van der Waals surface area contributed by atoms with Crippen LogP contribution in [0.2, 0.25) is 0 Å². The van der Waals surface area contributed by atoms with Gasteiger partial charge >= 0.3 is 0 Å². The molecule has 1 aromatic rings. The predicted molar refractivity (Wildman–Crippen MR) is 72.4 cm³/mol. The summed E-state index contributed by atoms with van der Waals surface area (Å²) in [5.74, 6) is 0.584. The molecule has 1 heterocycles. The molecule has 2 N–H and O–H groups in total. The van der Waals surface area contributed by atoms with Gasteiger partial charge in [0.2, 0.25) is 11.8 Å². The van der Waals surface area contributed by atoms with E-state index in [1.807, 2.05) is 13.8 Å². The SMILES string of the molecule is CCC(NC(=O)CCC(=O)N(C)C)c1ncc(C)[nH]1. The molecule has 1 rings (SSSR count). The van der Waals surface area contributed by atoms with Gasteiger partial charge in [0.05, 0.1) is 6.04 Å². The third-order valence-electron chi connectivity index (χ3n) is 2.86. The summed E-state index contributed by atoms with van der Waals surface area (Å²) in [5, 5.41) is 2.89. The Balaban J connectivity index is 2.48. The van der Waals surface area contributed by atoms with Crippen molar-refractivity contribution in [2.24, 2.45) is 0 Å². The number of amides is 2. The highest BCUT2D eigenvalue weighted by Gasteiger charge is 2.16. The molecule has 0 aliphatic carbocycles. The third kappa shape index (κ3) is 4.73. The van der Waals surface area contributed by atoms with Crippen molar-refractivity contribution in [3.8, 4) is 0 Å². The van der Waals surface area contributed by atoms with Crippen LogP contribution in [0.1, 0.15) is 43.7 Å². The summed E-state index contributed by atoms with van der Waals surface area (Å²) in [4.78, 5) is 32.0. The van der Waals surface area contributed by atoms with Crippen LogP contribution < -0.4 is 5.32 Å². The van der Waals surface area contributed by atoms with Crippen LogP contribution in [0.15, 0.2) is 6.20 Å². The number of rotatable bonds is 6. The third-order valence-corrected chi connectivity index (χ3v) is 2.86. The average Bonchev–Trinajstić information content (AvgIpc) is 2.79. The standard InChI is InChI=1S/C13H22N4O2/c1-5-10(13-14-8-9(2)15-13)16-11(18)6-7-12(19)17(3)4/h8,10H,5-7H2,1-4H3,(H,14,15)(H,16,18). The Morgan fingerprint density at radius 3 is 2.58 bits per heavy atom. The van der Waals surface area contributed by atoms with Crippen LogP contribution in [0, 0.1) is 6.92 Å². The number of imidazole rings is 1. The molecule has 19 heavy (non-hydrogen) atoms. The first-order valence-electron chi connectivity index (χ1n) is 6.45. The molecule has 0 aromatic carbocycles. The molecular formula is C13H22N4O2. The minimum absolute atomic E-state index is 0.0444. The molecule has 6 nitrogen and oxygen atoms in total. The van der Waals surface area contributed by atoms with Crippen LogP contribution in [0.25, 0.3) is 0 Å². The first-order valence-corrected chi connectivity index (χ1v) is 6.45. The number of H-pyrrole nitrogens is 1. The normalized spacial score (nSPS) is 12.0. The second kappa shape index (κ2) is 6.92. The average molecular weight is 266 g/mol. The van der Waals surface area contributed by atoms with Gasteiger partial charge in [0.1, 0.15) is 5.82 Å². The van der Waals surface area contributed by atoms with Crippen LogP contribution in [0.3, 0.4) is 0 Å². The van der Waals surface area contributed by atoms with Crippen molar-refractivity contribution < 1.29 is 9.59 Å². The van der Waals surface area contributed by atoms with E-state index in [-0.39, 0.29) is 30.7 Å². The highest BCUT2D eigenvalue weighted by molar-refractivity contribution is 5.83. The molecule has 0 fully saturated rings. The van der Waals surface area contributed by atoms with Gasteiger partial charge in [-0.2, -0.15) is 0 Å². The first-order chi connectivity index (χ1) is 8.93. The summed E-state index contributed by atoms with van der Waals surface area (Å²) in [6.45, 7) is 3.90. The number of hydrogen-bond donors (Lipinski definition) is 2. The van der Waals surface area contributed by atoms with Gasteiger partial charge < -0.3 is 15.2 Å². The van der Waals surface area contributed by atoms with Gasteiger partial charge in [0.15, 0.2) is 0 Å². The Hall–Kier alpha value is -1.85. The van der Waals surface area contributed by atoms with Crippen molar-refractivity contribution in [1.29, 1.82) is 0 Å². The maximum Gasteiger partial charge on any atom is 0.222 e. The topological polar surface area (TPSA) is 78.1 Å². The van der Waals surface area contributed by atoms with E-state index in [1.54, 1.807) is 20.3 Å². The molecule has 2 amide bonds. The van der Waals surface area contributed by atoms with E-state index in [4.69, 9.17) is 0 Å². The van der Waals surface area contributed by atoms with Gasteiger partial charge in [-0.3, -0.25) is 9.59 Å². The van der Waals surface area contributed by atoms with Crippen molar-refractivity contribution in [1.82, 2.24) is 20.2 Å². The molecule has 1 unspecified atom stereocenters. The van der Waals surface area contributed by atoms with Crippen LogP contribution in [0.4, 0.5) is 0 Å². The minimum Gasteiger partial charge on any atom is -0.349 e. The van der Waals surface area contributed by atoms with Gasteiger partial charge in [0.25, 0.3) is 0 Å². The molecule has 0 aliphatic rings. The Labute approximate surface area is 113 Å². The molecule has 6 heteroatoms. The van der Waals surface area contributed by atoms with E-state index < -0.39 is 0 Å². The summed E-state index contributed by atoms with van der Waals surface area (Å²) in [6.07, 6.45) is 2.92. The summed E-state index contributed by atoms with van der Waals surface area (Å²) in [7, 11) is 3.36. The number of aromatic amines is 1. The minimum atomic E-state index is -0.129. The quantitative estimate of drug-likeness (QED) is 0.811. The molecule has 106 valence electrons. The molecule has 1 aromatic heterocycles. The lowest BCUT2D eigenvalue weighted by atomic mass is 10.2. The lowest BCUT2D eigenvalue weighted by molar-refractivity contribution is -0.131. The zero-order chi connectivity index (χ0) is 14.4. The number of carbonyl (C=O) groups excluding carboxylic acids is 2. The number of nitrogens with zero attached hydrogens (tertiary/aromatic N) is 2. The lowest BCUT2D eigenvalue weighted by Crippen LogP contribution is -2.30. The maximum absolute atomic E-state index is 11.8. The van der Waals surface area contributed by atoms with Gasteiger partial charge in [-0.1, -0.05) is 6.92 Å². The molecule has 0 aliphatic heterocycles. The van der Waals surface area contributed by atoms with Crippen molar-refractivity contribution in [2.45, 2.75) is 39.2 Å². The second-order valence-electron chi connectivity index (χ2n) is 4.77. The number of aromatic nitrogens is 2. The van der Waals surface area contributed by atoms with Crippen LogP contribution in [-0.4, -0.2) is 40.8 Å². The van der Waals surface area contributed by atoms with Gasteiger partial charge in [-0.05, 0) is 13.3 Å². The Bertz CT molecular complexity index is 440. The summed E-state index contributed by atoms with van der Waals surface area (Å²) in [5.41, 5.74) is 0.963. The second-order valence-corrected chi connectivity index (χ2v) is 4.77. The van der Waals surface area contributed by atoms with E-state index in [0.717, 1.165) is 17.9 Å². The summed E-state index contributed by atoms with van der Waals surface area (Å²) >= 11 is 0. The predicted octanol–water partition coefficient (Wildman–Crippen LogP) is 1.15. The Kier molecular flexibility index (Phi) is 5.54. The maximum atomic E-state index is 11.8. The van der Waals surface area contributed by atoms with E-state index >= 15 is 0 Å². The zero-order valence-electron chi connectivity index (χ0n) is 12.0. The number of aryl methyl sites for hydroxylation is 1. The van der Waals surface area contributed by atoms with Crippen LogP contribution >= 0.6 is 0 Å². The fourth-order valence-electron chi connectivity index (χ4n) is 1.68. The van der Waals surface area contributed by atoms with Crippen molar-refractivity contribution in [3.63, 3.8) is 0 Å². The molecule has 0 radical (unpaired) electrons. The van der Waals surface area contributed by atoms with E-state index in [0.29, 0.717) is 0 Å². The van der Waals surface area contributed by atoms with Crippen LogP contribution in [-0.2, 0) is 9.59 Å². The lowest BCUT2D eigenvalue weighted by Gasteiger charge is -2.15. The van der Waals surface area contributed by atoms with E-state index in [9.17, 15) is 9.59 Å². The monoisotopic (exact) mass is 266 g/mol. The number of carbonyl (C=O) groups is 2. The van der Waals surface area contributed by atoms with Crippen molar-refractivity contribution >= 4 is 11.8 Å². The van der Waals surface area contributed by atoms with Crippen molar-refractivity contribution in [2.75, 3.05) is 14.1 Å². The molecule has 1 atom stereocenters. The van der Waals surface area contributed by atoms with Gasteiger partial charge in [0, 0.05) is 38.8 Å². The van der Waals surface area contributed by atoms with Gasteiger partial charge in [-0.25, -0.2) is 4.98 Å². The molecule has 0 bridgehead atoms. The Morgan fingerprint density at radius 2 is 2.11 bits per heavy atom. The number of nitrogens with one attached hydrogen (secondary N) is 2. The largest absolute Gasteiger partial charge is 0.349 e. The molecule has 0 spiro atoms. The summed E-state index contributed by atoms with van der Waals surface area (Å²) in [6, 6.07) is -0.129.